The van der Waals surface area contributed by atoms with Crippen LogP contribution in [0.4, 0.5) is 0 Å². The summed E-state index contributed by atoms with van der Waals surface area (Å²) >= 11 is 5.98. The van der Waals surface area contributed by atoms with Gasteiger partial charge in [0.2, 0.25) is 0 Å². The maximum Gasteiger partial charge on any atom is 0.261 e. The third-order valence-electron chi connectivity index (χ3n) is 2.92. The first-order valence-corrected chi connectivity index (χ1v) is 6.47. The zero-order valence-electron chi connectivity index (χ0n) is 10.3. The lowest BCUT2D eigenvalue weighted by atomic mass is 10.2. The zero-order chi connectivity index (χ0) is 13.0. The molecule has 1 aliphatic rings. The van der Waals surface area contributed by atoms with E-state index in [4.69, 9.17) is 16.3 Å². The number of para-hydroxylation sites is 1. The van der Waals surface area contributed by atoms with Gasteiger partial charge in [-0.1, -0.05) is 23.7 Å². The minimum Gasteiger partial charge on any atom is -0.479 e. The molecule has 98 valence electrons. The minimum absolute atomic E-state index is 0.108. The van der Waals surface area contributed by atoms with Crippen LogP contribution in [0.3, 0.4) is 0 Å². The highest BCUT2D eigenvalue weighted by Crippen LogP contribution is 2.24. The van der Waals surface area contributed by atoms with Crippen molar-refractivity contribution in [3.05, 3.63) is 29.3 Å². The Morgan fingerprint density at radius 1 is 1.56 bits per heavy atom. The van der Waals surface area contributed by atoms with Crippen LogP contribution < -0.4 is 15.4 Å². The fraction of sp³-hybridized carbons (Fsp3) is 0.462. The van der Waals surface area contributed by atoms with Crippen molar-refractivity contribution >= 4 is 17.5 Å². The van der Waals surface area contributed by atoms with E-state index in [-0.39, 0.29) is 11.9 Å². The zero-order valence-corrected chi connectivity index (χ0v) is 11.0. The monoisotopic (exact) mass is 268 g/mol. The van der Waals surface area contributed by atoms with Crippen LogP contribution in [0.15, 0.2) is 24.3 Å². The van der Waals surface area contributed by atoms with Crippen LogP contribution in [-0.2, 0) is 4.79 Å². The number of carbonyl (C=O) groups is 1. The Bertz CT molecular complexity index is 419. The number of carbonyl (C=O) groups excluding carboxylic acids is 1. The average molecular weight is 269 g/mol. The summed E-state index contributed by atoms with van der Waals surface area (Å²) in [5.41, 5.74) is 0. The molecule has 1 aliphatic heterocycles. The summed E-state index contributed by atoms with van der Waals surface area (Å²) in [6.45, 7) is 3.50. The number of halogens is 1. The lowest BCUT2D eigenvalue weighted by Crippen LogP contribution is -2.43. The lowest BCUT2D eigenvalue weighted by Gasteiger charge is -2.18. The molecule has 2 unspecified atom stereocenters. The standard InChI is InChI=1S/C13H17ClN2O2/c1-9(13(17)16-10-6-7-15-8-10)18-12-5-3-2-4-11(12)14/h2-5,9-10,15H,6-8H2,1H3,(H,16,17). The highest BCUT2D eigenvalue weighted by Gasteiger charge is 2.21. The number of amides is 1. The van der Waals surface area contributed by atoms with Crippen molar-refractivity contribution in [2.24, 2.45) is 0 Å². The third-order valence-corrected chi connectivity index (χ3v) is 3.23. The highest BCUT2D eigenvalue weighted by molar-refractivity contribution is 6.32. The largest absolute Gasteiger partial charge is 0.479 e. The molecule has 1 heterocycles. The van der Waals surface area contributed by atoms with Crippen molar-refractivity contribution in [3.63, 3.8) is 0 Å². The van der Waals surface area contributed by atoms with Gasteiger partial charge in [0.15, 0.2) is 6.10 Å². The van der Waals surface area contributed by atoms with Crippen LogP contribution >= 0.6 is 11.6 Å². The molecule has 0 aromatic heterocycles. The predicted molar refractivity (Wildman–Crippen MR) is 71.0 cm³/mol. The van der Waals surface area contributed by atoms with Crippen LogP contribution in [-0.4, -0.2) is 31.1 Å². The third kappa shape index (κ3) is 3.37. The highest BCUT2D eigenvalue weighted by atomic mass is 35.5. The Labute approximate surface area is 112 Å². The Kier molecular flexibility index (Phi) is 4.44. The molecule has 2 N–H and O–H groups in total. The first kappa shape index (κ1) is 13.2. The molecular formula is C13H17ClN2O2. The van der Waals surface area contributed by atoms with Crippen LogP contribution in [0.2, 0.25) is 5.02 Å². The van der Waals surface area contributed by atoms with Gasteiger partial charge < -0.3 is 15.4 Å². The van der Waals surface area contributed by atoms with E-state index < -0.39 is 6.10 Å². The Morgan fingerprint density at radius 3 is 3.00 bits per heavy atom. The van der Waals surface area contributed by atoms with Crippen molar-refractivity contribution in [2.75, 3.05) is 13.1 Å². The molecule has 1 saturated heterocycles. The molecule has 1 aromatic rings. The van der Waals surface area contributed by atoms with Gasteiger partial charge >= 0.3 is 0 Å². The van der Waals surface area contributed by atoms with Gasteiger partial charge in [0.25, 0.3) is 5.91 Å². The van der Waals surface area contributed by atoms with E-state index in [2.05, 4.69) is 10.6 Å². The number of hydrogen-bond acceptors (Lipinski definition) is 3. The molecule has 4 nitrogen and oxygen atoms in total. The molecule has 18 heavy (non-hydrogen) atoms. The summed E-state index contributed by atoms with van der Waals surface area (Å²) in [6.07, 6.45) is 0.412. The summed E-state index contributed by atoms with van der Waals surface area (Å²) in [4.78, 5) is 11.9. The van der Waals surface area contributed by atoms with Crippen molar-refractivity contribution in [1.82, 2.24) is 10.6 Å². The number of rotatable bonds is 4. The maximum absolute atomic E-state index is 11.9. The molecular weight excluding hydrogens is 252 g/mol. The van der Waals surface area contributed by atoms with Crippen LogP contribution in [0.1, 0.15) is 13.3 Å². The Balaban J connectivity index is 1.89. The minimum atomic E-state index is -0.550. The predicted octanol–water partition coefficient (Wildman–Crippen LogP) is 1.59. The quantitative estimate of drug-likeness (QED) is 0.872. The summed E-state index contributed by atoms with van der Waals surface area (Å²) in [6, 6.07) is 7.34. The summed E-state index contributed by atoms with van der Waals surface area (Å²) in [5, 5.41) is 6.66. The van der Waals surface area contributed by atoms with Gasteiger partial charge in [0.1, 0.15) is 5.75 Å². The number of benzene rings is 1. The maximum atomic E-state index is 11.9. The van der Waals surface area contributed by atoms with Gasteiger partial charge in [-0.3, -0.25) is 4.79 Å². The molecule has 1 amide bonds. The molecule has 1 aromatic carbocycles. The topological polar surface area (TPSA) is 50.4 Å². The average Bonchev–Trinajstić information content (AvgIpc) is 2.84. The number of nitrogens with one attached hydrogen (secondary N) is 2. The van der Waals surface area contributed by atoms with Gasteiger partial charge in [-0.25, -0.2) is 0 Å². The first-order valence-electron chi connectivity index (χ1n) is 6.09. The van der Waals surface area contributed by atoms with E-state index in [0.717, 1.165) is 19.5 Å². The summed E-state index contributed by atoms with van der Waals surface area (Å²) in [5.74, 6) is 0.426. The number of ether oxygens (including phenoxy) is 1. The fourth-order valence-electron chi connectivity index (χ4n) is 1.88. The van der Waals surface area contributed by atoms with Gasteiger partial charge in [0.05, 0.1) is 5.02 Å². The molecule has 0 spiro atoms. The molecule has 1 fully saturated rings. The van der Waals surface area contributed by atoms with Crippen LogP contribution in [0, 0.1) is 0 Å². The lowest BCUT2D eigenvalue weighted by molar-refractivity contribution is -0.127. The number of hydrogen-bond donors (Lipinski definition) is 2. The second-order valence-corrected chi connectivity index (χ2v) is 4.80. The van der Waals surface area contributed by atoms with Gasteiger partial charge in [-0.2, -0.15) is 0 Å². The second kappa shape index (κ2) is 6.07. The first-order chi connectivity index (χ1) is 8.66. The molecule has 0 aliphatic carbocycles. The SMILES string of the molecule is CC(Oc1ccccc1Cl)C(=O)NC1CCNC1. The van der Waals surface area contributed by atoms with E-state index in [1.54, 1.807) is 19.1 Å². The van der Waals surface area contributed by atoms with Crippen LogP contribution in [0.5, 0.6) is 5.75 Å². The summed E-state index contributed by atoms with van der Waals surface area (Å²) in [7, 11) is 0. The van der Waals surface area contributed by atoms with E-state index in [1.807, 2.05) is 12.1 Å². The normalized spacial score (nSPS) is 20.4. The van der Waals surface area contributed by atoms with Crippen LogP contribution in [0.25, 0.3) is 0 Å². The Hall–Kier alpha value is -1.26. The van der Waals surface area contributed by atoms with Crippen molar-refractivity contribution < 1.29 is 9.53 Å². The van der Waals surface area contributed by atoms with E-state index in [1.165, 1.54) is 0 Å². The molecule has 5 heteroatoms. The van der Waals surface area contributed by atoms with E-state index >= 15 is 0 Å². The van der Waals surface area contributed by atoms with Crippen molar-refractivity contribution in [2.45, 2.75) is 25.5 Å². The molecule has 2 atom stereocenters. The molecule has 0 bridgehead atoms. The smallest absolute Gasteiger partial charge is 0.261 e. The molecule has 2 rings (SSSR count). The molecule has 0 radical (unpaired) electrons. The summed E-state index contributed by atoms with van der Waals surface area (Å²) < 4.78 is 5.55. The Morgan fingerprint density at radius 2 is 2.33 bits per heavy atom. The second-order valence-electron chi connectivity index (χ2n) is 4.39. The van der Waals surface area contributed by atoms with Gasteiger partial charge in [-0.05, 0) is 32.0 Å². The van der Waals surface area contributed by atoms with Crippen molar-refractivity contribution in [1.29, 1.82) is 0 Å². The van der Waals surface area contributed by atoms with Gasteiger partial charge in [0, 0.05) is 12.6 Å². The van der Waals surface area contributed by atoms with Gasteiger partial charge in [-0.15, -0.1) is 0 Å². The van der Waals surface area contributed by atoms with E-state index in [0.29, 0.717) is 10.8 Å². The van der Waals surface area contributed by atoms with E-state index in [9.17, 15) is 4.79 Å². The molecule has 0 saturated carbocycles. The van der Waals surface area contributed by atoms with Crippen molar-refractivity contribution in [3.8, 4) is 5.75 Å². The fourth-order valence-corrected chi connectivity index (χ4v) is 2.06.